The quantitative estimate of drug-likeness (QED) is 0.395. The summed E-state index contributed by atoms with van der Waals surface area (Å²) in [5, 5.41) is 0.423. The topological polar surface area (TPSA) is 0 Å². The van der Waals surface area contributed by atoms with Gasteiger partial charge in [0.25, 0.3) is 0 Å². The van der Waals surface area contributed by atoms with Gasteiger partial charge in [-0.1, -0.05) is 84.8 Å². The van der Waals surface area contributed by atoms with Gasteiger partial charge in [0.15, 0.2) is 0 Å². The summed E-state index contributed by atoms with van der Waals surface area (Å²) in [4.78, 5) is 1.67. The molecule has 0 N–H and O–H groups in total. The highest BCUT2D eigenvalue weighted by Gasteiger charge is 2.42. The van der Waals surface area contributed by atoms with Crippen molar-refractivity contribution in [1.82, 2.24) is 0 Å². The predicted molar refractivity (Wildman–Crippen MR) is 140 cm³/mol. The van der Waals surface area contributed by atoms with Gasteiger partial charge in [0, 0.05) is 11.2 Å². The van der Waals surface area contributed by atoms with Crippen molar-refractivity contribution in [2.45, 2.75) is 38.9 Å². The van der Waals surface area contributed by atoms with Crippen molar-refractivity contribution < 1.29 is 0 Å². The van der Waals surface area contributed by atoms with Crippen molar-refractivity contribution in [3.63, 3.8) is 0 Å². The van der Waals surface area contributed by atoms with Crippen LogP contribution in [0.2, 0.25) is 0 Å². The van der Waals surface area contributed by atoms with Crippen molar-refractivity contribution in [3.8, 4) is 0 Å². The highest BCUT2D eigenvalue weighted by molar-refractivity contribution is 8.36. The lowest BCUT2D eigenvalue weighted by atomic mass is 9.99. The standard InChI is InChI=1S/C30H32S/c1-19-15-20(2)17-24(16-19)28-18-23-11-7-8-14-27(23)30(28)31(5,6)29-21(3)25-12-9-10-13-26(25)22(29)4/h7-18,21,30H,1-6H3. The number of benzene rings is 3. The highest BCUT2D eigenvalue weighted by Crippen LogP contribution is 2.72. The summed E-state index contributed by atoms with van der Waals surface area (Å²) < 4.78 is 0. The Kier molecular flexibility index (Phi) is 4.79. The van der Waals surface area contributed by atoms with E-state index in [-0.39, 0.29) is 0 Å². The summed E-state index contributed by atoms with van der Waals surface area (Å²) in [6, 6.07) is 25.1. The summed E-state index contributed by atoms with van der Waals surface area (Å²) in [6.45, 7) is 9.21. The molecule has 2 aliphatic carbocycles. The first-order valence-electron chi connectivity index (χ1n) is 11.2. The zero-order chi connectivity index (χ0) is 21.9. The fraction of sp³-hybridized carbons (Fsp3) is 0.267. The van der Waals surface area contributed by atoms with Gasteiger partial charge in [-0.25, -0.2) is 10.0 Å². The lowest BCUT2D eigenvalue weighted by molar-refractivity contribution is 0.967. The van der Waals surface area contributed by atoms with E-state index >= 15 is 0 Å². The molecule has 2 atom stereocenters. The highest BCUT2D eigenvalue weighted by atomic mass is 32.3. The molecule has 0 nitrogen and oxygen atoms in total. The molecule has 0 saturated heterocycles. The second-order valence-electron chi connectivity index (χ2n) is 9.69. The molecule has 158 valence electrons. The summed E-state index contributed by atoms with van der Waals surface area (Å²) in [7, 11) is -1.13. The van der Waals surface area contributed by atoms with Crippen LogP contribution in [0.15, 0.2) is 71.6 Å². The maximum absolute atomic E-state index is 2.55. The van der Waals surface area contributed by atoms with Gasteiger partial charge in [0.2, 0.25) is 0 Å². The minimum absolute atomic E-state index is 0.423. The van der Waals surface area contributed by atoms with E-state index in [4.69, 9.17) is 0 Å². The van der Waals surface area contributed by atoms with Gasteiger partial charge in [-0.3, -0.25) is 0 Å². The average molecular weight is 425 g/mol. The molecular weight excluding hydrogens is 392 g/mol. The number of aryl methyl sites for hydroxylation is 2. The maximum atomic E-state index is 2.55. The summed E-state index contributed by atoms with van der Waals surface area (Å²) in [5.74, 6) is 0.481. The Bertz CT molecular complexity index is 1230. The molecule has 0 fully saturated rings. The van der Waals surface area contributed by atoms with Crippen LogP contribution in [0.4, 0.5) is 0 Å². The number of rotatable bonds is 3. The van der Waals surface area contributed by atoms with Crippen LogP contribution < -0.4 is 0 Å². The van der Waals surface area contributed by atoms with Crippen molar-refractivity contribution in [3.05, 3.63) is 111 Å². The largest absolute Gasteiger partial charge is 0.212 e. The number of hydrogen-bond acceptors (Lipinski definition) is 0. The van der Waals surface area contributed by atoms with E-state index < -0.39 is 10.0 Å². The van der Waals surface area contributed by atoms with E-state index in [1.165, 1.54) is 50.1 Å². The van der Waals surface area contributed by atoms with Crippen molar-refractivity contribution >= 4 is 27.3 Å². The SMILES string of the molecule is CC1=C(S(C)(C)C2C(c3cc(C)cc(C)c3)=Cc3ccccc32)C(C)c2ccccc21. The Hall–Kier alpha value is -2.51. The minimum atomic E-state index is -1.13. The first kappa shape index (κ1) is 20.4. The maximum Gasteiger partial charge on any atom is 0.0434 e. The fourth-order valence-electron chi connectivity index (χ4n) is 6.09. The fourth-order valence-corrected chi connectivity index (χ4v) is 9.97. The number of hydrogen-bond donors (Lipinski definition) is 0. The lowest BCUT2D eigenvalue weighted by Gasteiger charge is -2.44. The van der Waals surface area contributed by atoms with Crippen molar-refractivity contribution in [2.24, 2.45) is 0 Å². The normalized spacial score (nSPS) is 20.5. The minimum Gasteiger partial charge on any atom is -0.212 e. The third kappa shape index (κ3) is 3.13. The third-order valence-electron chi connectivity index (χ3n) is 7.18. The summed E-state index contributed by atoms with van der Waals surface area (Å²) in [5.41, 5.74) is 12.9. The van der Waals surface area contributed by atoms with Crippen LogP contribution in [-0.4, -0.2) is 12.5 Å². The molecule has 1 heteroatoms. The van der Waals surface area contributed by atoms with Gasteiger partial charge >= 0.3 is 0 Å². The average Bonchev–Trinajstić information content (AvgIpc) is 3.24. The molecule has 3 aromatic rings. The van der Waals surface area contributed by atoms with Crippen LogP contribution in [0.25, 0.3) is 17.2 Å². The van der Waals surface area contributed by atoms with Gasteiger partial charge in [-0.2, -0.15) is 0 Å². The van der Waals surface area contributed by atoms with Gasteiger partial charge < -0.3 is 0 Å². The molecular formula is C30H32S. The van der Waals surface area contributed by atoms with Gasteiger partial charge in [-0.05, 0) is 83.2 Å². The van der Waals surface area contributed by atoms with E-state index in [0.717, 1.165) is 0 Å². The van der Waals surface area contributed by atoms with E-state index in [0.29, 0.717) is 11.2 Å². The van der Waals surface area contributed by atoms with Crippen LogP contribution in [0, 0.1) is 13.8 Å². The van der Waals surface area contributed by atoms with E-state index in [9.17, 15) is 0 Å². The Morgan fingerprint density at radius 2 is 1.35 bits per heavy atom. The molecule has 2 aliphatic rings. The molecule has 0 spiro atoms. The van der Waals surface area contributed by atoms with Crippen LogP contribution in [-0.2, 0) is 0 Å². The second kappa shape index (κ2) is 7.28. The zero-order valence-electron chi connectivity index (χ0n) is 19.5. The molecule has 0 aromatic heterocycles. The summed E-state index contributed by atoms with van der Waals surface area (Å²) in [6.07, 6.45) is 7.57. The molecule has 5 rings (SSSR count). The predicted octanol–water partition coefficient (Wildman–Crippen LogP) is 8.51. The monoisotopic (exact) mass is 424 g/mol. The molecule has 2 unspecified atom stereocenters. The zero-order valence-corrected chi connectivity index (χ0v) is 20.3. The summed E-state index contributed by atoms with van der Waals surface area (Å²) >= 11 is 0. The first-order valence-corrected chi connectivity index (χ1v) is 13.7. The molecule has 0 heterocycles. The van der Waals surface area contributed by atoms with Crippen LogP contribution in [0.5, 0.6) is 0 Å². The van der Waals surface area contributed by atoms with Gasteiger partial charge in [-0.15, -0.1) is 0 Å². The third-order valence-corrected chi connectivity index (χ3v) is 10.7. The van der Waals surface area contributed by atoms with Crippen molar-refractivity contribution in [1.29, 1.82) is 0 Å². The van der Waals surface area contributed by atoms with E-state index in [2.05, 4.69) is 113 Å². The van der Waals surface area contributed by atoms with Crippen LogP contribution in [0.1, 0.15) is 64.0 Å². The van der Waals surface area contributed by atoms with Gasteiger partial charge in [0.1, 0.15) is 0 Å². The van der Waals surface area contributed by atoms with E-state index in [1.807, 2.05) is 0 Å². The first-order chi connectivity index (χ1) is 14.8. The Labute approximate surface area is 189 Å². The molecule has 0 radical (unpaired) electrons. The second-order valence-corrected chi connectivity index (χ2v) is 13.4. The molecule has 0 aliphatic heterocycles. The Balaban J connectivity index is 1.70. The lowest BCUT2D eigenvalue weighted by Crippen LogP contribution is -2.14. The number of allylic oxidation sites excluding steroid dienone is 2. The molecule has 0 amide bonds. The smallest absolute Gasteiger partial charge is 0.0434 e. The van der Waals surface area contributed by atoms with Gasteiger partial charge in [0.05, 0.1) is 0 Å². The Morgan fingerprint density at radius 3 is 2.03 bits per heavy atom. The molecule has 31 heavy (non-hydrogen) atoms. The van der Waals surface area contributed by atoms with Crippen LogP contribution in [0.3, 0.4) is 0 Å². The van der Waals surface area contributed by atoms with Crippen molar-refractivity contribution in [2.75, 3.05) is 12.5 Å². The molecule has 3 aromatic carbocycles. The number of fused-ring (bicyclic) bond motifs is 2. The Morgan fingerprint density at radius 1 is 0.742 bits per heavy atom. The molecule has 0 saturated carbocycles. The van der Waals surface area contributed by atoms with E-state index in [1.54, 1.807) is 4.91 Å². The molecule has 0 bridgehead atoms. The van der Waals surface area contributed by atoms with Crippen LogP contribution >= 0.6 is 10.0 Å².